The fourth-order valence-corrected chi connectivity index (χ4v) is 2.85. The third kappa shape index (κ3) is 3.20. The number of piperidine rings is 1. The van der Waals surface area contributed by atoms with Gasteiger partial charge < -0.3 is 24.1 Å². The van der Waals surface area contributed by atoms with Crippen LogP contribution in [0, 0.1) is 0 Å². The zero-order valence-corrected chi connectivity index (χ0v) is 11.1. The zero-order chi connectivity index (χ0) is 13.0. The number of hydrogen-bond donors (Lipinski definition) is 1. The maximum atomic E-state index is 9.78. The number of rotatable bonds is 6. The van der Waals surface area contributed by atoms with Crippen LogP contribution in [0.15, 0.2) is 0 Å². The molecule has 0 aromatic carbocycles. The van der Waals surface area contributed by atoms with Gasteiger partial charge in [-0.05, 0) is 12.8 Å². The van der Waals surface area contributed by atoms with E-state index in [1.165, 1.54) is 0 Å². The van der Waals surface area contributed by atoms with E-state index >= 15 is 0 Å². The second kappa shape index (κ2) is 6.79. The molecule has 2 heterocycles. The van der Waals surface area contributed by atoms with Gasteiger partial charge in [-0.15, -0.1) is 0 Å². The SMILES string of the molecule is COCO[C@@H]1[C@@H](OCOC)CN2CC[C@@H](O)C[C@@H]12. The van der Waals surface area contributed by atoms with Crippen LogP contribution in [0.1, 0.15) is 12.8 Å². The van der Waals surface area contributed by atoms with Gasteiger partial charge in [0.15, 0.2) is 0 Å². The summed E-state index contributed by atoms with van der Waals surface area (Å²) in [5.74, 6) is 0. The molecule has 0 spiro atoms. The van der Waals surface area contributed by atoms with Gasteiger partial charge in [0, 0.05) is 33.4 Å². The van der Waals surface area contributed by atoms with Crippen molar-refractivity contribution in [1.82, 2.24) is 4.90 Å². The summed E-state index contributed by atoms with van der Waals surface area (Å²) in [5, 5.41) is 9.78. The molecule has 0 aromatic heterocycles. The van der Waals surface area contributed by atoms with E-state index in [1.807, 2.05) is 0 Å². The molecular formula is C12H23NO5. The average Bonchev–Trinajstić information content (AvgIpc) is 2.71. The minimum absolute atomic E-state index is 0.0181. The van der Waals surface area contributed by atoms with Gasteiger partial charge in [0.05, 0.1) is 6.10 Å². The van der Waals surface area contributed by atoms with Crippen LogP contribution in [0.3, 0.4) is 0 Å². The summed E-state index contributed by atoms with van der Waals surface area (Å²) >= 11 is 0. The molecule has 2 saturated heterocycles. The molecule has 6 nitrogen and oxygen atoms in total. The Morgan fingerprint density at radius 1 is 1.17 bits per heavy atom. The zero-order valence-electron chi connectivity index (χ0n) is 11.1. The van der Waals surface area contributed by atoms with E-state index < -0.39 is 0 Å². The highest BCUT2D eigenvalue weighted by molar-refractivity contribution is 4.98. The van der Waals surface area contributed by atoms with Gasteiger partial charge in [-0.1, -0.05) is 0 Å². The minimum Gasteiger partial charge on any atom is -0.393 e. The minimum atomic E-state index is -0.235. The second-order valence-corrected chi connectivity index (χ2v) is 4.89. The van der Waals surface area contributed by atoms with E-state index in [4.69, 9.17) is 18.9 Å². The van der Waals surface area contributed by atoms with Gasteiger partial charge in [-0.2, -0.15) is 0 Å². The van der Waals surface area contributed by atoms with Crippen LogP contribution >= 0.6 is 0 Å². The smallest absolute Gasteiger partial charge is 0.146 e. The molecule has 0 amide bonds. The number of nitrogens with zero attached hydrogens (tertiary/aromatic N) is 1. The number of ether oxygens (including phenoxy) is 4. The lowest BCUT2D eigenvalue weighted by molar-refractivity contribution is -0.149. The van der Waals surface area contributed by atoms with Crippen molar-refractivity contribution in [3.05, 3.63) is 0 Å². The molecule has 0 saturated carbocycles. The van der Waals surface area contributed by atoms with E-state index in [2.05, 4.69) is 4.90 Å². The molecule has 18 heavy (non-hydrogen) atoms. The molecular weight excluding hydrogens is 238 g/mol. The van der Waals surface area contributed by atoms with Crippen molar-refractivity contribution in [3.63, 3.8) is 0 Å². The first-order valence-corrected chi connectivity index (χ1v) is 6.39. The Morgan fingerprint density at radius 3 is 2.61 bits per heavy atom. The van der Waals surface area contributed by atoms with Crippen molar-refractivity contribution >= 4 is 0 Å². The number of aliphatic hydroxyl groups is 1. The molecule has 0 radical (unpaired) electrons. The van der Waals surface area contributed by atoms with Crippen LogP contribution in [0.25, 0.3) is 0 Å². The van der Waals surface area contributed by atoms with E-state index in [0.29, 0.717) is 0 Å². The van der Waals surface area contributed by atoms with Crippen molar-refractivity contribution in [2.24, 2.45) is 0 Å². The molecule has 0 unspecified atom stereocenters. The molecule has 0 bridgehead atoms. The van der Waals surface area contributed by atoms with E-state index in [-0.39, 0.29) is 37.9 Å². The van der Waals surface area contributed by atoms with Crippen molar-refractivity contribution in [1.29, 1.82) is 0 Å². The van der Waals surface area contributed by atoms with Crippen LogP contribution in [-0.4, -0.2) is 75.3 Å². The third-order valence-electron chi connectivity index (χ3n) is 3.67. The van der Waals surface area contributed by atoms with Gasteiger partial charge >= 0.3 is 0 Å². The van der Waals surface area contributed by atoms with E-state index in [1.54, 1.807) is 14.2 Å². The molecule has 1 N–H and O–H groups in total. The summed E-state index contributed by atoms with van der Waals surface area (Å²) in [4.78, 5) is 2.33. The number of aliphatic hydroxyl groups excluding tert-OH is 1. The van der Waals surface area contributed by atoms with Gasteiger partial charge in [-0.25, -0.2) is 0 Å². The monoisotopic (exact) mass is 261 g/mol. The van der Waals surface area contributed by atoms with Crippen LogP contribution in [-0.2, 0) is 18.9 Å². The number of methoxy groups -OCH3 is 2. The van der Waals surface area contributed by atoms with Crippen molar-refractivity contribution in [2.45, 2.75) is 37.2 Å². The molecule has 2 aliphatic rings. The molecule has 4 atom stereocenters. The predicted octanol–water partition coefficient (Wildman–Crippen LogP) is -0.196. The molecule has 106 valence electrons. The standard InChI is InChI=1S/C12H23NO5/c1-15-7-17-11-6-13-4-3-9(14)5-10(13)12(11)18-8-16-2/h9-12,14H,3-8H2,1-2H3/t9-,10+,11+,12+/m1/s1. The summed E-state index contributed by atoms with van der Waals surface area (Å²) in [5.41, 5.74) is 0. The fourth-order valence-electron chi connectivity index (χ4n) is 2.85. The highest BCUT2D eigenvalue weighted by Crippen LogP contribution is 2.31. The third-order valence-corrected chi connectivity index (χ3v) is 3.67. The summed E-state index contributed by atoms with van der Waals surface area (Å²) in [6.45, 7) is 2.24. The molecule has 2 fully saturated rings. The lowest BCUT2D eigenvalue weighted by atomic mass is 9.98. The maximum absolute atomic E-state index is 9.78. The summed E-state index contributed by atoms with van der Waals surface area (Å²) in [6.07, 6.45) is 1.25. The Hall–Kier alpha value is -0.240. The van der Waals surface area contributed by atoms with E-state index in [0.717, 1.165) is 25.9 Å². The van der Waals surface area contributed by atoms with Crippen molar-refractivity contribution < 1.29 is 24.1 Å². The van der Waals surface area contributed by atoms with Crippen LogP contribution < -0.4 is 0 Å². The lowest BCUT2D eigenvalue weighted by Crippen LogP contribution is -2.45. The summed E-state index contributed by atoms with van der Waals surface area (Å²) in [7, 11) is 3.21. The van der Waals surface area contributed by atoms with Crippen molar-refractivity contribution in [3.8, 4) is 0 Å². The Labute approximate surface area is 108 Å². The first-order valence-electron chi connectivity index (χ1n) is 6.39. The van der Waals surface area contributed by atoms with E-state index in [9.17, 15) is 5.11 Å². The highest BCUT2D eigenvalue weighted by Gasteiger charge is 2.45. The highest BCUT2D eigenvalue weighted by atomic mass is 16.7. The second-order valence-electron chi connectivity index (χ2n) is 4.89. The maximum Gasteiger partial charge on any atom is 0.146 e. The largest absolute Gasteiger partial charge is 0.393 e. The fraction of sp³-hybridized carbons (Fsp3) is 1.00. The van der Waals surface area contributed by atoms with Gasteiger partial charge in [-0.3, -0.25) is 4.90 Å². The summed E-state index contributed by atoms with van der Waals surface area (Å²) < 4.78 is 21.3. The van der Waals surface area contributed by atoms with Gasteiger partial charge in [0.2, 0.25) is 0 Å². The average molecular weight is 261 g/mol. The predicted molar refractivity (Wildman–Crippen MR) is 64.1 cm³/mol. The molecule has 0 aromatic rings. The Kier molecular flexibility index (Phi) is 5.35. The summed E-state index contributed by atoms with van der Waals surface area (Å²) in [6, 6.07) is 0.214. The molecule has 0 aliphatic carbocycles. The number of hydrogen-bond acceptors (Lipinski definition) is 6. The molecule has 6 heteroatoms. The first-order chi connectivity index (χ1) is 8.76. The van der Waals surface area contributed by atoms with Crippen LogP contribution in [0.4, 0.5) is 0 Å². The van der Waals surface area contributed by atoms with Crippen LogP contribution in [0.5, 0.6) is 0 Å². The Bertz CT molecular complexity index is 253. The first kappa shape index (κ1) is 14.2. The molecule has 2 rings (SSSR count). The molecule has 2 aliphatic heterocycles. The van der Waals surface area contributed by atoms with Crippen molar-refractivity contribution in [2.75, 3.05) is 40.9 Å². The quantitative estimate of drug-likeness (QED) is 0.668. The Morgan fingerprint density at radius 2 is 1.89 bits per heavy atom. The normalized spacial score (nSPS) is 36.8. The van der Waals surface area contributed by atoms with Gasteiger partial charge in [0.1, 0.15) is 25.8 Å². The lowest BCUT2D eigenvalue weighted by Gasteiger charge is -2.34. The topological polar surface area (TPSA) is 60.4 Å². The van der Waals surface area contributed by atoms with Crippen LogP contribution in [0.2, 0.25) is 0 Å². The van der Waals surface area contributed by atoms with Gasteiger partial charge in [0.25, 0.3) is 0 Å². The number of fused-ring (bicyclic) bond motifs is 1. The Balaban J connectivity index is 1.96.